The Morgan fingerprint density at radius 2 is 2.33 bits per heavy atom. The maximum absolute atomic E-state index is 8.90. The van der Waals surface area contributed by atoms with E-state index in [0.717, 1.165) is 16.7 Å². The van der Waals surface area contributed by atoms with Gasteiger partial charge in [-0.15, -0.1) is 0 Å². The van der Waals surface area contributed by atoms with E-state index in [9.17, 15) is 0 Å². The van der Waals surface area contributed by atoms with Crippen LogP contribution in [-0.2, 0) is 0 Å². The molecule has 1 heterocycles. The minimum absolute atomic E-state index is 0.300. The van der Waals surface area contributed by atoms with E-state index in [4.69, 9.17) is 9.68 Å². The molecule has 4 heteroatoms. The minimum Gasteiger partial charge on any atom is -0.441 e. The van der Waals surface area contributed by atoms with Crippen molar-refractivity contribution in [2.24, 2.45) is 0 Å². The fourth-order valence-electron chi connectivity index (χ4n) is 1.54. The van der Waals surface area contributed by atoms with Crippen molar-refractivity contribution in [2.45, 2.75) is 13.0 Å². The molecule has 0 aliphatic heterocycles. The number of rotatable bonds is 2. The average Bonchev–Trinajstić information content (AvgIpc) is 2.59. The number of aryl methyl sites for hydroxylation is 1. The normalized spacial score (nSPS) is 12.6. The van der Waals surface area contributed by atoms with Crippen molar-refractivity contribution in [3.63, 3.8) is 0 Å². The summed E-state index contributed by atoms with van der Waals surface area (Å²) in [6, 6.07) is 7.45. The molecule has 0 aliphatic carbocycles. The van der Waals surface area contributed by atoms with Crippen LogP contribution in [-0.4, -0.2) is 12.0 Å². The van der Waals surface area contributed by atoms with Crippen LogP contribution in [0.25, 0.3) is 11.1 Å². The van der Waals surface area contributed by atoms with Crippen molar-refractivity contribution in [3.05, 3.63) is 29.7 Å². The molecule has 15 heavy (non-hydrogen) atoms. The molecule has 4 nitrogen and oxygen atoms in total. The number of oxazole rings is 1. The molecule has 0 radical (unpaired) electrons. The van der Waals surface area contributed by atoms with Crippen LogP contribution in [0.5, 0.6) is 0 Å². The second-order valence-corrected chi connectivity index (χ2v) is 3.31. The number of aromatic nitrogens is 1. The summed E-state index contributed by atoms with van der Waals surface area (Å²) in [6.07, 6.45) is 0. The lowest BCUT2D eigenvalue weighted by Gasteiger charge is -2.06. The topological polar surface area (TPSA) is 61.9 Å². The fourth-order valence-corrected chi connectivity index (χ4v) is 1.54. The number of hydrogen-bond donors (Lipinski definition) is 1. The van der Waals surface area contributed by atoms with Crippen LogP contribution in [0.3, 0.4) is 0 Å². The standard InChI is InChI=1S/C11H11N3O/c1-7-14-9-5-8(10(6-12)13-2)3-4-11(9)15-7/h3-5,10,13H,1-2H3. The Kier molecular flexibility index (Phi) is 2.40. The molecule has 0 saturated heterocycles. The first kappa shape index (κ1) is 9.69. The Labute approximate surface area is 87.5 Å². The highest BCUT2D eigenvalue weighted by Crippen LogP contribution is 2.20. The number of fused-ring (bicyclic) bond motifs is 1. The van der Waals surface area contributed by atoms with Crippen LogP contribution in [0.4, 0.5) is 0 Å². The Morgan fingerprint density at radius 1 is 1.53 bits per heavy atom. The summed E-state index contributed by atoms with van der Waals surface area (Å²) >= 11 is 0. The summed E-state index contributed by atoms with van der Waals surface area (Å²) in [5.41, 5.74) is 2.45. The number of nitrogens with zero attached hydrogens (tertiary/aromatic N) is 2. The SMILES string of the molecule is CNC(C#N)c1ccc2oc(C)nc2c1. The summed E-state index contributed by atoms with van der Waals surface area (Å²) in [5, 5.41) is 11.8. The van der Waals surface area contributed by atoms with Crippen LogP contribution in [0.2, 0.25) is 0 Å². The molecule has 76 valence electrons. The predicted molar refractivity (Wildman–Crippen MR) is 56.2 cm³/mol. The zero-order chi connectivity index (χ0) is 10.8. The van der Waals surface area contributed by atoms with Gasteiger partial charge in [-0.3, -0.25) is 0 Å². The summed E-state index contributed by atoms with van der Waals surface area (Å²) < 4.78 is 5.36. The van der Waals surface area contributed by atoms with E-state index in [1.54, 1.807) is 14.0 Å². The summed E-state index contributed by atoms with van der Waals surface area (Å²) in [7, 11) is 1.76. The number of nitriles is 1. The maximum atomic E-state index is 8.90. The van der Waals surface area contributed by atoms with Gasteiger partial charge in [-0.25, -0.2) is 4.98 Å². The average molecular weight is 201 g/mol. The van der Waals surface area contributed by atoms with Gasteiger partial charge < -0.3 is 9.73 Å². The fraction of sp³-hybridized carbons (Fsp3) is 0.273. The molecule has 0 fully saturated rings. The molecule has 0 spiro atoms. The molecule has 0 aliphatic rings. The molecule has 1 aromatic heterocycles. The largest absolute Gasteiger partial charge is 0.441 e. The summed E-state index contributed by atoms with van der Waals surface area (Å²) in [6.45, 7) is 1.81. The third kappa shape index (κ3) is 1.69. The molecule has 0 amide bonds. The van der Waals surface area contributed by atoms with E-state index < -0.39 is 0 Å². The Bertz CT molecular complexity index is 524. The quantitative estimate of drug-likeness (QED) is 0.806. The lowest BCUT2D eigenvalue weighted by molar-refractivity contribution is 0.561. The van der Waals surface area contributed by atoms with Gasteiger partial charge in [0.2, 0.25) is 0 Å². The van der Waals surface area contributed by atoms with E-state index in [-0.39, 0.29) is 6.04 Å². The van der Waals surface area contributed by atoms with Gasteiger partial charge in [0.1, 0.15) is 11.6 Å². The molecule has 1 atom stereocenters. The van der Waals surface area contributed by atoms with Gasteiger partial charge in [0, 0.05) is 6.92 Å². The second kappa shape index (κ2) is 3.71. The zero-order valence-electron chi connectivity index (χ0n) is 8.61. The van der Waals surface area contributed by atoms with E-state index in [0.29, 0.717) is 5.89 Å². The van der Waals surface area contributed by atoms with Gasteiger partial charge in [0.05, 0.1) is 6.07 Å². The molecule has 1 aromatic carbocycles. The summed E-state index contributed by atoms with van der Waals surface area (Å²) in [4.78, 5) is 4.22. The number of benzene rings is 1. The number of hydrogen-bond acceptors (Lipinski definition) is 4. The first-order valence-corrected chi connectivity index (χ1v) is 4.68. The highest BCUT2D eigenvalue weighted by Gasteiger charge is 2.10. The Hall–Kier alpha value is -1.86. The third-order valence-corrected chi connectivity index (χ3v) is 2.27. The highest BCUT2D eigenvalue weighted by molar-refractivity contribution is 5.73. The van der Waals surface area contributed by atoms with Crippen molar-refractivity contribution in [2.75, 3.05) is 7.05 Å². The van der Waals surface area contributed by atoms with Gasteiger partial charge in [-0.05, 0) is 24.7 Å². The first-order valence-electron chi connectivity index (χ1n) is 4.68. The molecule has 2 aromatic rings. The Balaban J connectivity index is 2.51. The van der Waals surface area contributed by atoms with E-state index >= 15 is 0 Å². The van der Waals surface area contributed by atoms with Crippen LogP contribution in [0.1, 0.15) is 17.5 Å². The van der Waals surface area contributed by atoms with Crippen molar-refractivity contribution in [3.8, 4) is 6.07 Å². The molecular formula is C11H11N3O. The first-order chi connectivity index (χ1) is 7.24. The predicted octanol–water partition coefficient (Wildman–Crippen LogP) is 1.92. The van der Waals surface area contributed by atoms with Gasteiger partial charge in [0.15, 0.2) is 11.5 Å². The molecule has 2 rings (SSSR count). The van der Waals surface area contributed by atoms with Crippen LogP contribution < -0.4 is 5.32 Å². The smallest absolute Gasteiger partial charge is 0.192 e. The highest BCUT2D eigenvalue weighted by atomic mass is 16.3. The number of nitrogens with one attached hydrogen (secondary N) is 1. The van der Waals surface area contributed by atoms with E-state index in [1.165, 1.54) is 0 Å². The molecule has 0 saturated carbocycles. The lowest BCUT2D eigenvalue weighted by atomic mass is 10.1. The summed E-state index contributed by atoms with van der Waals surface area (Å²) in [5.74, 6) is 0.639. The van der Waals surface area contributed by atoms with Crippen molar-refractivity contribution in [1.82, 2.24) is 10.3 Å². The zero-order valence-corrected chi connectivity index (χ0v) is 8.61. The van der Waals surface area contributed by atoms with E-state index in [1.807, 2.05) is 18.2 Å². The maximum Gasteiger partial charge on any atom is 0.192 e. The van der Waals surface area contributed by atoms with Gasteiger partial charge in [-0.2, -0.15) is 5.26 Å². The van der Waals surface area contributed by atoms with Crippen molar-refractivity contribution >= 4 is 11.1 Å². The van der Waals surface area contributed by atoms with Crippen molar-refractivity contribution < 1.29 is 4.42 Å². The second-order valence-electron chi connectivity index (χ2n) is 3.31. The lowest BCUT2D eigenvalue weighted by Crippen LogP contribution is -2.13. The molecule has 1 N–H and O–H groups in total. The molecule has 0 bridgehead atoms. The van der Waals surface area contributed by atoms with Crippen LogP contribution >= 0.6 is 0 Å². The van der Waals surface area contributed by atoms with Gasteiger partial charge in [-0.1, -0.05) is 6.07 Å². The molecule has 1 unspecified atom stereocenters. The van der Waals surface area contributed by atoms with Crippen LogP contribution in [0.15, 0.2) is 22.6 Å². The third-order valence-electron chi connectivity index (χ3n) is 2.27. The van der Waals surface area contributed by atoms with E-state index in [2.05, 4.69) is 16.4 Å². The van der Waals surface area contributed by atoms with Crippen molar-refractivity contribution in [1.29, 1.82) is 5.26 Å². The molecular weight excluding hydrogens is 190 g/mol. The monoisotopic (exact) mass is 201 g/mol. The Morgan fingerprint density at radius 3 is 3.00 bits per heavy atom. The van der Waals surface area contributed by atoms with Crippen LogP contribution in [0, 0.1) is 18.3 Å². The minimum atomic E-state index is -0.300. The van der Waals surface area contributed by atoms with Gasteiger partial charge >= 0.3 is 0 Å². The van der Waals surface area contributed by atoms with Gasteiger partial charge in [0.25, 0.3) is 0 Å².